The van der Waals surface area contributed by atoms with E-state index < -0.39 is 6.10 Å². The molecule has 2 aromatic rings. The fraction of sp³-hybridized carbons (Fsp3) is 0.455. The van der Waals surface area contributed by atoms with Gasteiger partial charge < -0.3 is 19.5 Å². The largest absolute Gasteiger partial charge is 0.491 e. The molecular formula is C22H28Cl2N2O3. The van der Waals surface area contributed by atoms with Crippen molar-refractivity contribution < 1.29 is 14.6 Å². The maximum atomic E-state index is 10.3. The van der Waals surface area contributed by atoms with Crippen molar-refractivity contribution in [2.45, 2.75) is 13.0 Å². The van der Waals surface area contributed by atoms with Gasteiger partial charge in [-0.2, -0.15) is 0 Å². The van der Waals surface area contributed by atoms with Crippen LogP contribution in [0.3, 0.4) is 0 Å². The number of piperazine rings is 1. The summed E-state index contributed by atoms with van der Waals surface area (Å²) in [6.07, 6.45) is -0.509. The van der Waals surface area contributed by atoms with Gasteiger partial charge in [-0.1, -0.05) is 29.3 Å². The number of ether oxygens (including phenoxy) is 2. The van der Waals surface area contributed by atoms with E-state index in [-0.39, 0.29) is 0 Å². The molecule has 3 rings (SSSR count). The van der Waals surface area contributed by atoms with Gasteiger partial charge in [0, 0.05) is 48.5 Å². The first-order valence-corrected chi connectivity index (χ1v) is 10.6. The lowest BCUT2D eigenvalue weighted by molar-refractivity contribution is 0.00718. The summed E-state index contributed by atoms with van der Waals surface area (Å²) in [4.78, 5) is 4.63. The molecule has 1 aliphatic rings. The summed E-state index contributed by atoms with van der Waals surface area (Å²) < 4.78 is 11.1. The molecule has 0 amide bonds. The first-order chi connectivity index (χ1) is 14.0. The van der Waals surface area contributed by atoms with Gasteiger partial charge in [0.15, 0.2) is 0 Å². The van der Waals surface area contributed by atoms with Crippen LogP contribution in [-0.2, 0) is 4.74 Å². The van der Waals surface area contributed by atoms with Gasteiger partial charge in [-0.15, -0.1) is 0 Å². The Labute approximate surface area is 182 Å². The molecule has 2 aromatic carbocycles. The van der Waals surface area contributed by atoms with Crippen molar-refractivity contribution in [2.24, 2.45) is 0 Å². The minimum Gasteiger partial charge on any atom is -0.491 e. The predicted octanol–water partition coefficient (Wildman–Crippen LogP) is 3.88. The maximum absolute atomic E-state index is 10.3. The Hall–Kier alpha value is -1.50. The van der Waals surface area contributed by atoms with Gasteiger partial charge in [0.05, 0.1) is 19.3 Å². The van der Waals surface area contributed by atoms with Crippen molar-refractivity contribution in [1.82, 2.24) is 4.90 Å². The smallest absolute Gasteiger partial charge is 0.119 e. The zero-order chi connectivity index (χ0) is 20.6. The van der Waals surface area contributed by atoms with Gasteiger partial charge in [0.2, 0.25) is 0 Å². The van der Waals surface area contributed by atoms with E-state index in [1.165, 1.54) is 11.3 Å². The molecule has 1 saturated heterocycles. The Morgan fingerprint density at radius 1 is 0.966 bits per heavy atom. The van der Waals surface area contributed by atoms with E-state index in [0.717, 1.165) is 37.0 Å². The number of hydrogen-bond donors (Lipinski definition) is 1. The fourth-order valence-electron chi connectivity index (χ4n) is 3.41. The molecule has 7 heteroatoms. The Kier molecular flexibility index (Phi) is 8.45. The van der Waals surface area contributed by atoms with E-state index in [0.29, 0.717) is 31.4 Å². The van der Waals surface area contributed by atoms with Crippen molar-refractivity contribution in [1.29, 1.82) is 0 Å². The van der Waals surface area contributed by atoms with Gasteiger partial charge in [0.1, 0.15) is 12.4 Å². The predicted molar refractivity (Wildman–Crippen MR) is 119 cm³/mol. The topological polar surface area (TPSA) is 45.2 Å². The molecule has 0 saturated carbocycles. The summed E-state index contributed by atoms with van der Waals surface area (Å²) in [5.74, 6) is 0.756. The summed E-state index contributed by atoms with van der Waals surface area (Å²) in [5, 5.41) is 11.7. The highest BCUT2D eigenvalue weighted by atomic mass is 35.5. The molecule has 1 fully saturated rings. The van der Waals surface area contributed by atoms with Crippen molar-refractivity contribution in [3.8, 4) is 5.75 Å². The number of rotatable bonds is 9. The molecule has 1 heterocycles. The van der Waals surface area contributed by atoms with E-state index in [9.17, 15) is 5.11 Å². The van der Waals surface area contributed by atoms with E-state index in [1.54, 1.807) is 12.1 Å². The zero-order valence-electron chi connectivity index (χ0n) is 16.7. The molecule has 0 aromatic heterocycles. The van der Waals surface area contributed by atoms with Crippen LogP contribution in [-0.4, -0.2) is 68.7 Å². The molecule has 1 atom stereocenters. The Bertz CT molecular complexity index is 765. The van der Waals surface area contributed by atoms with Gasteiger partial charge in [0.25, 0.3) is 0 Å². The average molecular weight is 439 g/mol. The number of aryl methyl sites for hydroxylation is 1. The molecule has 0 bridgehead atoms. The van der Waals surface area contributed by atoms with E-state index >= 15 is 0 Å². The normalized spacial score (nSPS) is 16.1. The minimum absolute atomic E-state index is 0.303. The second-order valence-corrected chi connectivity index (χ2v) is 8.12. The van der Waals surface area contributed by atoms with Crippen LogP contribution in [0.15, 0.2) is 42.5 Å². The maximum Gasteiger partial charge on any atom is 0.119 e. The second-order valence-electron chi connectivity index (χ2n) is 7.25. The minimum atomic E-state index is -0.509. The van der Waals surface area contributed by atoms with Gasteiger partial charge in [-0.3, -0.25) is 4.90 Å². The van der Waals surface area contributed by atoms with E-state index in [2.05, 4.69) is 22.8 Å². The number of anilines is 1. The molecule has 0 aliphatic carbocycles. The summed E-state index contributed by atoms with van der Waals surface area (Å²) in [7, 11) is 0. The van der Waals surface area contributed by atoms with Crippen molar-refractivity contribution >= 4 is 28.9 Å². The first-order valence-electron chi connectivity index (χ1n) is 9.89. The van der Waals surface area contributed by atoms with Crippen LogP contribution in [0.2, 0.25) is 10.0 Å². The average Bonchev–Trinajstić information content (AvgIpc) is 2.71. The van der Waals surface area contributed by atoms with Crippen LogP contribution in [0.25, 0.3) is 0 Å². The molecule has 1 N–H and O–H groups in total. The van der Waals surface area contributed by atoms with Crippen LogP contribution >= 0.6 is 23.2 Å². The van der Waals surface area contributed by atoms with E-state index in [4.69, 9.17) is 32.7 Å². The van der Waals surface area contributed by atoms with Gasteiger partial charge in [-0.05, 0) is 48.9 Å². The fourth-order valence-corrected chi connectivity index (χ4v) is 3.71. The quantitative estimate of drug-likeness (QED) is 0.601. The summed E-state index contributed by atoms with van der Waals surface area (Å²) in [6.45, 7) is 7.54. The summed E-state index contributed by atoms with van der Waals surface area (Å²) >= 11 is 12.0. The first kappa shape index (κ1) is 22.2. The van der Waals surface area contributed by atoms with Crippen LogP contribution in [0.4, 0.5) is 5.69 Å². The molecule has 1 aliphatic heterocycles. The monoisotopic (exact) mass is 438 g/mol. The standard InChI is InChI=1S/C22H28Cl2N2O3/c1-17-2-3-19(24)14-22(17)26-10-8-25(9-11-26)15-20(27)16-28-12-13-29-21-6-4-18(23)5-7-21/h2-7,14,20,27H,8-13,15-16H2,1H3/t20-/m0/s1. The van der Waals surface area contributed by atoms with Crippen molar-refractivity contribution in [2.75, 3.05) is 57.4 Å². The lowest BCUT2D eigenvalue weighted by Crippen LogP contribution is -2.49. The third kappa shape index (κ3) is 7.05. The Balaban J connectivity index is 1.31. The number of β-amino-alcohol motifs (C(OH)–C–C–N with tert-alkyl or cyclic N) is 1. The van der Waals surface area contributed by atoms with Crippen LogP contribution in [0.1, 0.15) is 5.56 Å². The van der Waals surface area contributed by atoms with Crippen molar-refractivity contribution in [3.05, 3.63) is 58.1 Å². The molecule has 0 unspecified atom stereocenters. The molecule has 158 valence electrons. The molecule has 0 radical (unpaired) electrons. The van der Waals surface area contributed by atoms with E-state index in [1.807, 2.05) is 24.3 Å². The number of aliphatic hydroxyl groups is 1. The third-order valence-electron chi connectivity index (χ3n) is 4.97. The summed E-state index contributed by atoms with van der Waals surface area (Å²) in [5.41, 5.74) is 2.43. The van der Waals surface area contributed by atoms with Crippen LogP contribution in [0, 0.1) is 6.92 Å². The number of halogens is 2. The molecular weight excluding hydrogens is 411 g/mol. The second kappa shape index (κ2) is 11.0. The Morgan fingerprint density at radius 3 is 2.38 bits per heavy atom. The zero-order valence-corrected chi connectivity index (χ0v) is 18.2. The molecule has 29 heavy (non-hydrogen) atoms. The lowest BCUT2D eigenvalue weighted by atomic mass is 10.1. The lowest BCUT2D eigenvalue weighted by Gasteiger charge is -2.37. The van der Waals surface area contributed by atoms with Gasteiger partial charge >= 0.3 is 0 Å². The highest BCUT2D eigenvalue weighted by molar-refractivity contribution is 6.31. The number of benzene rings is 2. The highest BCUT2D eigenvalue weighted by Gasteiger charge is 2.20. The van der Waals surface area contributed by atoms with Gasteiger partial charge in [-0.25, -0.2) is 0 Å². The Morgan fingerprint density at radius 2 is 1.66 bits per heavy atom. The van der Waals surface area contributed by atoms with Crippen LogP contribution < -0.4 is 9.64 Å². The highest BCUT2D eigenvalue weighted by Crippen LogP contribution is 2.25. The number of aliphatic hydroxyl groups excluding tert-OH is 1. The molecule has 0 spiro atoms. The summed E-state index contributed by atoms with van der Waals surface area (Å²) in [6, 6.07) is 13.2. The molecule has 5 nitrogen and oxygen atoms in total. The van der Waals surface area contributed by atoms with Crippen LogP contribution in [0.5, 0.6) is 5.75 Å². The number of hydrogen-bond acceptors (Lipinski definition) is 5. The SMILES string of the molecule is Cc1ccc(Cl)cc1N1CCN(C[C@H](O)COCCOc2ccc(Cl)cc2)CC1. The third-order valence-corrected chi connectivity index (χ3v) is 5.46. The number of nitrogens with zero attached hydrogens (tertiary/aromatic N) is 2. The van der Waals surface area contributed by atoms with Crippen molar-refractivity contribution in [3.63, 3.8) is 0 Å².